The molecule has 0 radical (unpaired) electrons. The van der Waals surface area contributed by atoms with Gasteiger partial charge in [0.05, 0.1) is 11.1 Å². The highest BCUT2D eigenvalue weighted by molar-refractivity contribution is 6.25. The maximum absolute atomic E-state index is 12.4. The summed E-state index contributed by atoms with van der Waals surface area (Å²) in [4.78, 5) is 59.5. The van der Waals surface area contributed by atoms with Crippen LogP contribution >= 0.6 is 0 Å². The maximum Gasteiger partial charge on any atom is 0.263 e. The topological polar surface area (TPSA) is 101 Å². The average Bonchev–Trinajstić information content (AvgIpc) is 2.72. The van der Waals surface area contributed by atoms with Gasteiger partial charge in [0.15, 0.2) is 6.29 Å². The summed E-state index contributed by atoms with van der Waals surface area (Å²) in [6.45, 7) is 0. The van der Waals surface area contributed by atoms with Gasteiger partial charge in [-0.05, 0) is 12.5 Å². The number of nitrogens with zero attached hydrogens (tertiary/aromatic N) is 1. The monoisotopic (exact) mass is 286 g/mol. The van der Waals surface area contributed by atoms with Gasteiger partial charge in [0.2, 0.25) is 11.8 Å². The number of benzene rings is 1. The Hall–Kier alpha value is -2.83. The molecule has 106 valence electrons. The van der Waals surface area contributed by atoms with E-state index >= 15 is 0 Å². The molecule has 1 saturated heterocycles. The zero-order chi connectivity index (χ0) is 15.1. The molecule has 1 aromatic carbocycles. The van der Waals surface area contributed by atoms with Crippen molar-refractivity contribution in [3.8, 4) is 0 Å². The molecule has 0 spiro atoms. The number of fused-ring (bicyclic) bond motifs is 1. The van der Waals surface area contributed by atoms with Crippen molar-refractivity contribution < 1.29 is 24.0 Å². The largest absolute Gasteiger partial charge is 0.298 e. The maximum atomic E-state index is 12.4. The Morgan fingerprint density at radius 1 is 1.14 bits per heavy atom. The minimum Gasteiger partial charge on any atom is -0.298 e. The summed E-state index contributed by atoms with van der Waals surface area (Å²) in [5, 5.41) is 2.11. The molecule has 0 saturated carbocycles. The summed E-state index contributed by atoms with van der Waals surface area (Å²) in [6.07, 6.45) is 0.648. The van der Waals surface area contributed by atoms with Gasteiger partial charge in [-0.25, -0.2) is 0 Å². The van der Waals surface area contributed by atoms with Crippen LogP contribution in [0.2, 0.25) is 0 Å². The number of imide groups is 2. The number of hydrogen-bond acceptors (Lipinski definition) is 5. The standard InChI is InChI=1S/C14H10N2O5/c17-6-7-2-1-3-8-11(7)14(21)16(13(8)20)9-4-5-10(18)15-12(9)19/h1-3,6,9H,4-5H2,(H,15,18,19). The highest BCUT2D eigenvalue weighted by Crippen LogP contribution is 2.29. The van der Waals surface area contributed by atoms with Gasteiger partial charge < -0.3 is 0 Å². The Balaban J connectivity index is 2.02. The number of carbonyl (C=O) groups is 5. The Morgan fingerprint density at radius 3 is 2.57 bits per heavy atom. The molecule has 3 rings (SSSR count). The highest BCUT2D eigenvalue weighted by Gasteiger charge is 2.45. The van der Waals surface area contributed by atoms with Crippen LogP contribution in [0.15, 0.2) is 18.2 Å². The Kier molecular flexibility index (Phi) is 2.90. The Bertz CT molecular complexity index is 709. The van der Waals surface area contributed by atoms with Gasteiger partial charge in [-0.2, -0.15) is 0 Å². The van der Waals surface area contributed by atoms with E-state index in [1.165, 1.54) is 18.2 Å². The van der Waals surface area contributed by atoms with Crippen molar-refractivity contribution in [2.75, 3.05) is 0 Å². The number of amides is 4. The van der Waals surface area contributed by atoms with E-state index in [1.807, 2.05) is 0 Å². The van der Waals surface area contributed by atoms with Crippen molar-refractivity contribution in [3.05, 3.63) is 34.9 Å². The van der Waals surface area contributed by atoms with Gasteiger partial charge in [-0.1, -0.05) is 12.1 Å². The Morgan fingerprint density at radius 2 is 1.90 bits per heavy atom. The summed E-state index contributed by atoms with van der Waals surface area (Å²) in [5.74, 6) is -2.39. The predicted octanol–water partition coefficient (Wildman–Crippen LogP) is -0.0997. The second-order valence-corrected chi connectivity index (χ2v) is 4.83. The van der Waals surface area contributed by atoms with Gasteiger partial charge in [0.25, 0.3) is 11.8 Å². The lowest BCUT2D eigenvalue weighted by Crippen LogP contribution is -2.54. The number of piperidine rings is 1. The molecular formula is C14H10N2O5. The molecule has 7 nitrogen and oxygen atoms in total. The lowest BCUT2D eigenvalue weighted by molar-refractivity contribution is -0.136. The van der Waals surface area contributed by atoms with Crippen molar-refractivity contribution in [1.29, 1.82) is 0 Å². The molecular weight excluding hydrogens is 276 g/mol. The number of nitrogens with one attached hydrogen (secondary N) is 1. The molecule has 21 heavy (non-hydrogen) atoms. The summed E-state index contributed by atoms with van der Waals surface area (Å²) < 4.78 is 0. The van der Waals surface area contributed by atoms with E-state index in [1.54, 1.807) is 0 Å². The van der Waals surface area contributed by atoms with E-state index in [2.05, 4.69) is 5.32 Å². The third-order valence-corrected chi connectivity index (χ3v) is 3.63. The number of rotatable bonds is 2. The zero-order valence-electron chi connectivity index (χ0n) is 10.8. The summed E-state index contributed by atoms with van der Waals surface area (Å²) >= 11 is 0. The molecule has 2 heterocycles. The number of aldehydes is 1. The van der Waals surface area contributed by atoms with Crippen molar-refractivity contribution in [2.45, 2.75) is 18.9 Å². The first-order valence-corrected chi connectivity index (χ1v) is 6.34. The first-order chi connectivity index (χ1) is 10.0. The van der Waals surface area contributed by atoms with Crippen LogP contribution in [0.5, 0.6) is 0 Å². The van der Waals surface area contributed by atoms with E-state index in [0.717, 1.165) is 4.90 Å². The lowest BCUT2D eigenvalue weighted by atomic mass is 10.0. The smallest absolute Gasteiger partial charge is 0.263 e. The molecule has 1 N–H and O–H groups in total. The molecule has 1 unspecified atom stereocenters. The summed E-state index contributed by atoms with van der Waals surface area (Å²) in [5.41, 5.74) is 0.233. The van der Waals surface area contributed by atoms with Gasteiger partial charge in [-0.3, -0.25) is 34.2 Å². The van der Waals surface area contributed by atoms with Gasteiger partial charge >= 0.3 is 0 Å². The van der Waals surface area contributed by atoms with Crippen molar-refractivity contribution >= 4 is 29.9 Å². The predicted molar refractivity (Wildman–Crippen MR) is 68.5 cm³/mol. The van der Waals surface area contributed by atoms with E-state index < -0.39 is 29.7 Å². The van der Waals surface area contributed by atoms with Crippen molar-refractivity contribution in [3.63, 3.8) is 0 Å². The quantitative estimate of drug-likeness (QED) is 0.604. The molecule has 7 heteroatoms. The third kappa shape index (κ3) is 1.85. The molecule has 1 aromatic rings. The second-order valence-electron chi connectivity index (χ2n) is 4.83. The Labute approximate surface area is 118 Å². The fourth-order valence-corrected chi connectivity index (χ4v) is 2.64. The van der Waals surface area contributed by atoms with Crippen LogP contribution in [-0.2, 0) is 9.59 Å². The van der Waals surface area contributed by atoms with E-state index in [4.69, 9.17) is 0 Å². The highest BCUT2D eigenvalue weighted by atomic mass is 16.2. The van der Waals surface area contributed by atoms with Gasteiger partial charge in [0.1, 0.15) is 6.04 Å². The average molecular weight is 286 g/mol. The zero-order valence-corrected chi connectivity index (χ0v) is 10.8. The number of hydrogen-bond donors (Lipinski definition) is 1. The van der Waals surface area contributed by atoms with Crippen LogP contribution in [0.3, 0.4) is 0 Å². The van der Waals surface area contributed by atoms with E-state index in [0.29, 0.717) is 6.29 Å². The molecule has 4 amide bonds. The minimum absolute atomic E-state index is 0.0159. The van der Waals surface area contributed by atoms with Crippen LogP contribution < -0.4 is 5.32 Å². The van der Waals surface area contributed by atoms with Crippen molar-refractivity contribution in [2.24, 2.45) is 0 Å². The van der Waals surface area contributed by atoms with Gasteiger partial charge in [-0.15, -0.1) is 0 Å². The fraction of sp³-hybridized carbons (Fsp3) is 0.214. The van der Waals surface area contributed by atoms with Crippen LogP contribution in [-0.4, -0.2) is 40.9 Å². The second kappa shape index (κ2) is 4.62. The molecule has 0 aliphatic carbocycles. The SMILES string of the molecule is O=Cc1cccc2c1C(=O)N(C1CCC(=O)NC1=O)C2=O. The third-order valence-electron chi connectivity index (χ3n) is 3.63. The summed E-state index contributed by atoms with van der Waals surface area (Å²) in [7, 11) is 0. The van der Waals surface area contributed by atoms with Crippen molar-refractivity contribution in [1.82, 2.24) is 10.2 Å². The minimum atomic E-state index is -1.02. The van der Waals surface area contributed by atoms with E-state index in [-0.39, 0.29) is 29.5 Å². The molecule has 0 bridgehead atoms. The van der Waals surface area contributed by atoms with Gasteiger partial charge in [0, 0.05) is 12.0 Å². The molecule has 0 aromatic heterocycles. The summed E-state index contributed by atoms with van der Waals surface area (Å²) in [6, 6.07) is 3.36. The molecule has 2 aliphatic rings. The van der Waals surface area contributed by atoms with E-state index in [9.17, 15) is 24.0 Å². The molecule has 1 atom stereocenters. The van der Waals surface area contributed by atoms with Crippen LogP contribution in [0.25, 0.3) is 0 Å². The molecule has 2 aliphatic heterocycles. The van der Waals surface area contributed by atoms with Crippen LogP contribution in [0.4, 0.5) is 0 Å². The fourth-order valence-electron chi connectivity index (χ4n) is 2.64. The van der Waals surface area contributed by atoms with Crippen LogP contribution in [0, 0.1) is 0 Å². The molecule has 1 fully saturated rings. The normalized spacial score (nSPS) is 21.3. The number of carbonyl (C=O) groups excluding carboxylic acids is 5. The first-order valence-electron chi connectivity index (χ1n) is 6.34. The lowest BCUT2D eigenvalue weighted by Gasteiger charge is -2.27. The van der Waals surface area contributed by atoms with Crippen LogP contribution in [0.1, 0.15) is 43.9 Å². The first kappa shape index (κ1) is 13.2.